The first kappa shape index (κ1) is 9.49. The van der Waals surface area contributed by atoms with Gasteiger partial charge in [0, 0.05) is 12.7 Å². The lowest BCUT2D eigenvalue weighted by atomic mass is 10.3. The Morgan fingerprint density at radius 3 is 2.30 bits per heavy atom. The number of allylic oxidation sites excluding steroid dienone is 1. The number of hydrogen-bond acceptors (Lipinski definition) is 1. The van der Waals surface area contributed by atoms with Crippen LogP contribution in [0.5, 0.6) is 0 Å². The van der Waals surface area contributed by atoms with Crippen molar-refractivity contribution in [3.63, 3.8) is 0 Å². The molecule has 0 bridgehead atoms. The number of hydrogen-bond donors (Lipinski definition) is 0. The molecule has 0 heterocycles. The summed E-state index contributed by atoms with van der Waals surface area (Å²) in [4.78, 5) is 0. The molecule has 1 nitrogen and oxygen atoms in total. The molecule has 0 rings (SSSR count). The topological polar surface area (TPSA) is 9.23 Å². The molecule has 0 aliphatic heterocycles. The number of ether oxygens (including phenoxy) is 1. The van der Waals surface area contributed by atoms with Gasteiger partial charge in [-0.2, -0.15) is 13.2 Å². The van der Waals surface area contributed by atoms with Gasteiger partial charge in [0.1, 0.15) is 0 Å². The van der Waals surface area contributed by atoms with Crippen molar-refractivity contribution in [3.8, 4) is 0 Å². The molecule has 4 heteroatoms. The van der Waals surface area contributed by atoms with Crippen molar-refractivity contribution < 1.29 is 17.9 Å². The maximum Gasteiger partial charge on any atom is 0.412 e. The van der Waals surface area contributed by atoms with E-state index in [0.717, 1.165) is 13.0 Å². The predicted molar refractivity (Wildman–Crippen MR) is 31.7 cm³/mol. The van der Waals surface area contributed by atoms with Crippen molar-refractivity contribution >= 4 is 0 Å². The van der Waals surface area contributed by atoms with E-state index in [4.69, 9.17) is 0 Å². The molecular formula is C6H9F3O. The molecule has 0 unspecified atom stereocenters. The third kappa shape index (κ3) is 3.50. The van der Waals surface area contributed by atoms with E-state index in [1.165, 1.54) is 7.11 Å². The minimum atomic E-state index is -4.21. The minimum Gasteiger partial charge on any atom is -0.381 e. The molecule has 10 heavy (non-hydrogen) atoms. The maximum atomic E-state index is 11.6. The van der Waals surface area contributed by atoms with Crippen LogP contribution in [0.2, 0.25) is 0 Å². The molecule has 0 amide bonds. The van der Waals surface area contributed by atoms with E-state index in [2.05, 4.69) is 4.74 Å². The van der Waals surface area contributed by atoms with Gasteiger partial charge in [-0.15, -0.1) is 0 Å². The molecule has 0 atom stereocenters. The van der Waals surface area contributed by atoms with Crippen molar-refractivity contribution in [1.29, 1.82) is 0 Å². The van der Waals surface area contributed by atoms with Crippen molar-refractivity contribution in [2.75, 3.05) is 13.7 Å². The van der Waals surface area contributed by atoms with Crippen LogP contribution in [0.25, 0.3) is 0 Å². The van der Waals surface area contributed by atoms with Crippen LogP contribution in [0.4, 0.5) is 13.2 Å². The standard InChI is InChI=1S/C6H9F3O/c1-5(3-4-10-2)6(7,8)9/h3H,4H2,1-2H3/b5-3-. The number of halogens is 3. The van der Waals surface area contributed by atoms with Crippen LogP contribution in [-0.2, 0) is 4.74 Å². The van der Waals surface area contributed by atoms with E-state index in [0.29, 0.717) is 0 Å². The summed E-state index contributed by atoms with van der Waals surface area (Å²) in [6.07, 6.45) is -3.21. The van der Waals surface area contributed by atoms with E-state index in [1.807, 2.05) is 0 Å². The average Bonchev–Trinajstić information content (AvgIpc) is 1.80. The number of rotatable bonds is 2. The molecular weight excluding hydrogens is 145 g/mol. The van der Waals surface area contributed by atoms with Gasteiger partial charge in [0.2, 0.25) is 0 Å². The molecule has 0 aromatic rings. The van der Waals surface area contributed by atoms with E-state index >= 15 is 0 Å². The van der Waals surface area contributed by atoms with E-state index < -0.39 is 11.7 Å². The lowest BCUT2D eigenvalue weighted by molar-refractivity contribution is -0.0918. The van der Waals surface area contributed by atoms with Gasteiger partial charge in [-0.3, -0.25) is 0 Å². The van der Waals surface area contributed by atoms with Gasteiger partial charge in [0.25, 0.3) is 0 Å². The van der Waals surface area contributed by atoms with Gasteiger partial charge in [-0.05, 0) is 6.92 Å². The quantitative estimate of drug-likeness (QED) is 0.553. The summed E-state index contributed by atoms with van der Waals surface area (Å²) >= 11 is 0. The fraction of sp³-hybridized carbons (Fsp3) is 0.667. The van der Waals surface area contributed by atoms with E-state index in [1.54, 1.807) is 0 Å². The predicted octanol–water partition coefficient (Wildman–Crippen LogP) is 2.14. The molecule has 0 aliphatic carbocycles. The lowest BCUT2D eigenvalue weighted by Gasteiger charge is -2.04. The average molecular weight is 154 g/mol. The smallest absolute Gasteiger partial charge is 0.381 e. The van der Waals surface area contributed by atoms with Crippen molar-refractivity contribution in [2.45, 2.75) is 13.1 Å². The normalized spacial score (nSPS) is 13.9. The summed E-state index contributed by atoms with van der Waals surface area (Å²) in [5, 5.41) is 0. The van der Waals surface area contributed by atoms with Crippen LogP contribution in [0.15, 0.2) is 11.6 Å². The first-order chi connectivity index (χ1) is 4.48. The highest BCUT2D eigenvalue weighted by Crippen LogP contribution is 2.24. The van der Waals surface area contributed by atoms with Crippen LogP contribution in [0, 0.1) is 0 Å². The fourth-order valence-corrected chi connectivity index (χ4v) is 0.324. The Labute approximate surface area is 57.5 Å². The third-order valence-corrected chi connectivity index (χ3v) is 1.00. The summed E-state index contributed by atoms with van der Waals surface area (Å²) in [5.41, 5.74) is -0.616. The molecule has 0 N–H and O–H groups in total. The van der Waals surface area contributed by atoms with Crippen molar-refractivity contribution in [1.82, 2.24) is 0 Å². The molecule has 0 radical (unpaired) electrons. The maximum absolute atomic E-state index is 11.6. The Morgan fingerprint density at radius 1 is 1.50 bits per heavy atom. The molecule has 0 spiro atoms. The Bertz CT molecular complexity index is 125. The Kier molecular flexibility index (Phi) is 3.42. The molecule has 0 aliphatic rings. The van der Waals surface area contributed by atoms with Gasteiger partial charge in [-0.1, -0.05) is 6.08 Å². The summed E-state index contributed by atoms with van der Waals surface area (Å²) < 4.78 is 39.4. The van der Waals surface area contributed by atoms with Crippen molar-refractivity contribution in [3.05, 3.63) is 11.6 Å². The second-order valence-electron chi connectivity index (χ2n) is 1.84. The monoisotopic (exact) mass is 154 g/mol. The van der Waals surface area contributed by atoms with Gasteiger partial charge < -0.3 is 4.74 Å². The Balaban J connectivity index is 3.93. The first-order valence-corrected chi connectivity index (χ1v) is 2.71. The molecule has 60 valence electrons. The van der Waals surface area contributed by atoms with Crippen LogP contribution in [0.3, 0.4) is 0 Å². The summed E-state index contributed by atoms with van der Waals surface area (Å²) in [7, 11) is 1.35. The highest BCUT2D eigenvalue weighted by molar-refractivity contribution is 5.04. The summed E-state index contributed by atoms with van der Waals surface area (Å²) in [6.45, 7) is 1.02. The minimum absolute atomic E-state index is 0.00530. The Hall–Kier alpha value is -0.510. The highest BCUT2D eigenvalue weighted by atomic mass is 19.4. The molecule has 0 aromatic carbocycles. The lowest BCUT2D eigenvalue weighted by Crippen LogP contribution is -2.09. The van der Waals surface area contributed by atoms with Crippen LogP contribution in [-0.4, -0.2) is 19.9 Å². The second kappa shape index (κ2) is 3.61. The van der Waals surface area contributed by atoms with Crippen LogP contribution >= 0.6 is 0 Å². The highest BCUT2D eigenvalue weighted by Gasteiger charge is 2.29. The second-order valence-corrected chi connectivity index (χ2v) is 1.84. The van der Waals surface area contributed by atoms with Crippen LogP contribution in [0.1, 0.15) is 6.92 Å². The largest absolute Gasteiger partial charge is 0.412 e. The molecule has 0 fully saturated rings. The van der Waals surface area contributed by atoms with Crippen LogP contribution < -0.4 is 0 Å². The summed E-state index contributed by atoms with van der Waals surface area (Å²) in [6, 6.07) is 0. The van der Waals surface area contributed by atoms with E-state index in [-0.39, 0.29) is 6.61 Å². The fourth-order valence-electron chi connectivity index (χ4n) is 0.324. The van der Waals surface area contributed by atoms with Gasteiger partial charge in [-0.25, -0.2) is 0 Å². The first-order valence-electron chi connectivity index (χ1n) is 2.71. The van der Waals surface area contributed by atoms with Crippen molar-refractivity contribution in [2.24, 2.45) is 0 Å². The third-order valence-electron chi connectivity index (χ3n) is 1.00. The SMILES string of the molecule is COC/C=C(/C)C(F)(F)F. The zero-order valence-electron chi connectivity index (χ0n) is 5.83. The Morgan fingerprint density at radius 2 is 2.00 bits per heavy atom. The van der Waals surface area contributed by atoms with Gasteiger partial charge >= 0.3 is 6.18 Å². The van der Waals surface area contributed by atoms with Gasteiger partial charge in [0.15, 0.2) is 0 Å². The van der Waals surface area contributed by atoms with Gasteiger partial charge in [0.05, 0.1) is 6.61 Å². The zero-order chi connectivity index (χ0) is 8.20. The number of methoxy groups -OCH3 is 1. The van der Waals surface area contributed by atoms with E-state index in [9.17, 15) is 13.2 Å². The molecule has 0 saturated carbocycles. The summed E-state index contributed by atoms with van der Waals surface area (Å²) in [5.74, 6) is 0. The number of alkyl halides is 3. The molecule has 0 saturated heterocycles. The molecule has 0 aromatic heterocycles. The zero-order valence-corrected chi connectivity index (χ0v) is 5.83.